The molecule has 0 aliphatic carbocycles. The van der Waals surface area contributed by atoms with Gasteiger partial charge in [-0.1, -0.05) is 17.7 Å². The van der Waals surface area contributed by atoms with E-state index in [2.05, 4.69) is 0 Å². The van der Waals surface area contributed by atoms with E-state index in [0.717, 1.165) is 10.5 Å². The molecule has 0 aromatic heterocycles. The van der Waals surface area contributed by atoms with Crippen molar-refractivity contribution in [3.63, 3.8) is 0 Å². The van der Waals surface area contributed by atoms with Crippen molar-refractivity contribution >= 4 is 29.1 Å². The van der Waals surface area contributed by atoms with Gasteiger partial charge in [-0.15, -0.1) is 0 Å². The van der Waals surface area contributed by atoms with Crippen molar-refractivity contribution < 1.29 is 14.3 Å². The number of hydrogen-bond donors (Lipinski definition) is 0. The molecule has 1 aromatic carbocycles. The van der Waals surface area contributed by atoms with E-state index in [0.29, 0.717) is 10.7 Å². The molecule has 0 unspecified atom stereocenters. The van der Waals surface area contributed by atoms with Crippen LogP contribution in [-0.2, 0) is 14.3 Å². The molecule has 0 bridgehead atoms. The lowest BCUT2D eigenvalue weighted by Gasteiger charge is -2.25. The highest BCUT2D eigenvalue weighted by Crippen LogP contribution is 2.24. The third kappa shape index (κ3) is 1.94. The summed E-state index contributed by atoms with van der Waals surface area (Å²) in [4.78, 5) is 24.2. The summed E-state index contributed by atoms with van der Waals surface area (Å²) < 4.78 is 4.83. The second-order valence-electron chi connectivity index (χ2n) is 3.55. The van der Waals surface area contributed by atoms with Gasteiger partial charge in [0.25, 0.3) is 11.8 Å². The molecule has 1 heterocycles. The number of rotatable bonds is 1. The Morgan fingerprint density at radius 2 is 1.88 bits per heavy atom. The van der Waals surface area contributed by atoms with Gasteiger partial charge in [0.2, 0.25) is 0 Å². The summed E-state index contributed by atoms with van der Waals surface area (Å²) in [6.45, 7) is 1.71. The fraction of sp³-hybridized carbons (Fsp3) is 0.273. The zero-order chi connectivity index (χ0) is 11.7. The Morgan fingerprint density at radius 1 is 1.25 bits per heavy atom. The van der Waals surface area contributed by atoms with E-state index in [1.807, 2.05) is 6.92 Å². The van der Waals surface area contributed by atoms with E-state index < -0.39 is 0 Å². The first-order valence-corrected chi connectivity index (χ1v) is 5.17. The summed E-state index contributed by atoms with van der Waals surface area (Å²) in [6.07, 6.45) is 0. The minimum atomic E-state index is -0.365. The van der Waals surface area contributed by atoms with Crippen molar-refractivity contribution in [1.29, 1.82) is 0 Å². The van der Waals surface area contributed by atoms with Gasteiger partial charge >= 0.3 is 0 Å². The molecule has 1 aliphatic heterocycles. The maximum absolute atomic E-state index is 11.5. The molecule has 0 saturated carbocycles. The summed E-state index contributed by atoms with van der Waals surface area (Å²) >= 11 is 5.95. The van der Waals surface area contributed by atoms with Crippen LogP contribution in [0.5, 0.6) is 0 Å². The van der Waals surface area contributed by atoms with Crippen molar-refractivity contribution in [2.75, 3.05) is 18.1 Å². The maximum Gasteiger partial charge on any atom is 0.259 e. The lowest BCUT2D eigenvalue weighted by molar-refractivity contribution is -0.138. The predicted octanol–water partition coefficient (Wildman–Crippen LogP) is 1.54. The number of nitrogens with zero attached hydrogens (tertiary/aromatic N) is 1. The molecule has 84 valence electrons. The van der Waals surface area contributed by atoms with E-state index in [9.17, 15) is 9.59 Å². The number of benzene rings is 1. The zero-order valence-electron chi connectivity index (χ0n) is 8.70. The molecule has 1 saturated heterocycles. The maximum atomic E-state index is 11.5. The minimum absolute atomic E-state index is 0.0722. The molecule has 2 amide bonds. The Hall–Kier alpha value is -1.39. The number of morpholine rings is 1. The fourth-order valence-corrected chi connectivity index (χ4v) is 1.68. The van der Waals surface area contributed by atoms with Gasteiger partial charge < -0.3 is 4.74 Å². The van der Waals surface area contributed by atoms with Gasteiger partial charge in [0.1, 0.15) is 13.2 Å². The van der Waals surface area contributed by atoms with Crippen LogP contribution < -0.4 is 4.90 Å². The number of ether oxygens (including phenoxy) is 1. The Balaban J connectivity index is 2.38. The van der Waals surface area contributed by atoms with Gasteiger partial charge in [0.15, 0.2) is 0 Å². The minimum Gasteiger partial charge on any atom is -0.362 e. The number of halogens is 1. The molecule has 1 aromatic rings. The Morgan fingerprint density at radius 3 is 2.44 bits per heavy atom. The van der Waals surface area contributed by atoms with Crippen molar-refractivity contribution in [3.05, 3.63) is 28.8 Å². The van der Waals surface area contributed by atoms with Crippen LogP contribution >= 0.6 is 11.6 Å². The molecular formula is C11H10ClNO3. The number of imide groups is 1. The van der Waals surface area contributed by atoms with Crippen LogP contribution in [0, 0.1) is 6.92 Å². The standard InChI is InChI=1S/C11H10ClNO3/c1-7-2-3-8(4-9(7)12)13-10(14)5-16-6-11(13)15/h2-4H,5-6H2,1H3. The summed E-state index contributed by atoms with van der Waals surface area (Å²) in [6, 6.07) is 5.08. The van der Waals surface area contributed by atoms with Gasteiger partial charge in [0.05, 0.1) is 5.69 Å². The number of anilines is 1. The average Bonchev–Trinajstić information content (AvgIpc) is 2.23. The van der Waals surface area contributed by atoms with Gasteiger partial charge in [-0.3, -0.25) is 9.59 Å². The molecule has 16 heavy (non-hydrogen) atoms. The average molecular weight is 240 g/mol. The van der Waals surface area contributed by atoms with Gasteiger partial charge in [0, 0.05) is 5.02 Å². The number of hydrogen-bond acceptors (Lipinski definition) is 3. The van der Waals surface area contributed by atoms with Crippen LogP contribution in [0.25, 0.3) is 0 Å². The fourth-order valence-electron chi connectivity index (χ4n) is 1.50. The SMILES string of the molecule is Cc1ccc(N2C(=O)COCC2=O)cc1Cl. The van der Waals surface area contributed by atoms with Crippen molar-refractivity contribution in [3.8, 4) is 0 Å². The monoisotopic (exact) mass is 239 g/mol. The van der Waals surface area contributed by atoms with Crippen molar-refractivity contribution in [2.24, 2.45) is 0 Å². The third-order valence-electron chi connectivity index (χ3n) is 2.36. The lowest BCUT2D eigenvalue weighted by Crippen LogP contribution is -2.46. The van der Waals surface area contributed by atoms with Crippen LogP contribution in [0.1, 0.15) is 5.56 Å². The topological polar surface area (TPSA) is 46.6 Å². The second-order valence-corrected chi connectivity index (χ2v) is 3.96. The molecule has 2 rings (SSSR count). The van der Waals surface area contributed by atoms with Gasteiger partial charge in [-0.25, -0.2) is 4.90 Å². The Bertz CT molecular complexity index is 443. The van der Waals surface area contributed by atoms with Crippen LogP contribution in [-0.4, -0.2) is 25.0 Å². The normalized spacial score (nSPS) is 16.8. The van der Waals surface area contributed by atoms with Crippen LogP contribution in [0.4, 0.5) is 5.69 Å². The van der Waals surface area contributed by atoms with Gasteiger partial charge in [-0.2, -0.15) is 0 Å². The summed E-state index contributed by atoms with van der Waals surface area (Å²) in [5, 5.41) is 0.532. The lowest BCUT2D eigenvalue weighted by atomic mass is 10.2. The summed E-state index contributed by atoms with van der Waals surface area (Å²) in [7, 11) is 0. The van der Waals surface area contributed by atoms with Crippen LogP contribution in [0.2, 0.25) is 5.02 Å². The highest BCUT2D eigenvalue weighted by atomic mass is 35.5. The van der Waals surface area contributed by atoms with E-state index in [1.54, 1.807) is 18.2 Å². The number of aryl methyl sites for hydroxylation is 1. The molecule has 1 aliphatic rings. The number of amides is 2. The molecule has 4 nitrogen and oxygen atoms in total. The molecule has 1 fully saturated rings. The van der Waals surface area contributed by atoms with E-state index in [-0.39, 0.29) is 25.0 Å². The van der Waals surface area contributed by atoms with Crippen LogP contribution in [0.3, 0.4) is 0 Å². The largest absolute Gasteiger partial charge is 0.362 e. The smallest absolute Gasteiger partial charge is 0.259 e. The quantitative estimate of drug-likeness (QED) is 0.699. The molecular weight excluding hydrogens is 230 g/mol. The second kappa shape index (κ2) is 4.23. The first-order chi connectivity index (χ1) is 7.59. The molecule has 5 heteroatoms. The first-order valence-electron chi connectivity index (χ1n) is 4.79. The summed E-state index contributed by atoms with van der Waals surface area (Å²) in [5.74, 6) is -0.729. The van der Waals surface area contributed by atoms with Gasteiger partial charge in [-0.05, 0) is 24.6 Å². The first kappa shape index (κ1) is 11.1. The predicted molar refractivity (Wildman–Crippen MR) is 59.5 cm³/mol. The van der Waals surface area contributed by atoms with Crippen molar-refractivity contribution in [2.45, 2.75) is 6.92 Å². The van der Waals surface area contributed by atoms with Crippen molar-refractivity contribution in [1.82, 2.24) is 0 Å². The molecule has 0 N–H and O–H groups in total. The van der Waals surface area contributed by atoms with E-state index in [4.69, 9.17) is 16.3 Å². The number of carbonyl (C=O) groups is 2. The Kier molecular flexibility index (Phi) is 2.94. The number of carbonyl (C=O) groups excluding carboxylic acids is 2. The van der Waals surface area contributed by atoms with Crippen LogP contribution in [0.15, 0.2) is 18.2 Å². The van der Waals surface area contributed by atoms with E-state index in [1.165, 1.54) is 0 Å². The molecule has 0 radical (unpaired) electrons. The highest BCUT2D eigenvalue weighted by molar-refractivity contribution is 6.32. The summed E-state index contributed by atoms with van der Waals surface area (Å²) in [5.41, 5.74) is 1.40. The molecule has 0 spiro atoms. The molecule has 0 atom stereocenters. The zero-order valence-corrected chi connectivity index (χ0v) is 9.45. The Labute approximate surface area is 97.7 Å². The third-order valence-corrected chi connectivity index (χ3v) is 2.77. The highest BCUT2D eigenvalue weighted by Gasteiger charge is 2.28. The van der Waals surface area contributed by atoms with E-state index >= 15 is 0 Å².